The first-order chi connectivity index (χ1) is 19.1. The molecule has 4 heterocycles. The number of nitrogens with one attached hydrogen (secondary N) is 1. The van der Waals surface area contributed by atoms with Crippen LogP contribution in [-0.4, -0.2) is 72.7 Å². The van der Waals surface area contributed by atoms with Gasteiger partial charge in [0.05, 0.1) is 31.6 Å². The van der Waals surface area contributed by atoms with E-state index in [4.69, 9.17) is 14.2 Å². The molecule has 1 atom stereocenters. The maximum atomic E-state index is 13.3. The largest absolute Gasteiger partial charge is 0.474 e. The molecule has 0 aliphatic carbocycles. The third kappa shape index (κ3) is 6.02. The molecule has 212 valence electrons. The van der Waals surface area contributed by atoms with Crippen molar-refractivity contribution in [1.29, 1.82) is 0 Å². The van der Waals surface area contributed by atoms with Crippen LogP contribution in [-0.2, 0) is 20.4 Å². The number of benzene rings is 1. The van der Waals surface area contributed by atoms with Crippen LogP contribution in [0, 0.1) is 0 Å². The molecule has 0 saturated carbocycles. The second kappa shape index (κ2) is 11.4. The Balaban J connectivity index is 1.42. The zero-order chi connectivity index (χ0) is 28.3. The number of nitrogens with zero attached hydrogens (tertiary/aromatic N) is 3. The van der Waals surface area contributed by atoms with Crippen LogP contribution in [0.4, 0.5) is 13.2 Å². The van der Waals surface area contributed by atoms with Crippen LogP contribution in [0.3, 0.4) is 0 Å². The lowest BCUT2D eigenvalue weighted by Crippen LogP contribution is -2.66. The summed E-state index contributed by atoms with van der Waals surface area (Å²) in [7, 11) is 0. The number of carbonyl (C=O) groups excluding carboxylic acids is 2. The van der Waals surface area contributed by atoms with E-state index in [0.29, 0.717) is 30.4 Å². The van der Waals surface area contributed by atoms with Crippen molar-refractivity contribution in [3.63, 3.8) is 0 Å². The predicted molar refractivity (Wildman–Crippen MR) is 139 cm³/mol. The summed E-state index contributed by atoms with van der Waals surface area (Å²) in [5.74, 6) is -0.672. The van der Waals surface area contributed by atoms with Crippen molar-refractivity contribution in [2.45, 2.75) is 44.1 Å². The normalized spacial score (nSPS) is 22.4. The van der Waals surface area contributed by atoms with Crippen LogP contribution < -0.4 is 10.1 Å². The third-order valence-electron chi connectivity index (χ3n) is 7.14. The minimum absolute atomic E-state index is 0.0263. The first-order valence-electron chi connectivity index (χ1n) is 13.0. The molecule has 2 fully saturated rings. The van der Waals surface area contributed by atoms with Crippen molar-refractivity contribution in [3.05, 3.63) is 65.0 Å². The van der Waals surface area contributed by atoms with E-state index in [1.54, 1.807) is 19.2 Å². The number of pyridine rings is 1. The maximum Gasteiger partial charge on any atom is 0.416 e. The lowest BCUT2D eigenvalue weighted by Gasteiger charge is -2.45. The van der Waals surface area contributed by atoms with E-state index in [2.05, 4.69) is 15.3 Å². The SMILES string of the molecule is CC1=C(c2ccc(OC3CCOCC3)nc2)CC(NC(=O)c2cccc(C(F)(F)F)c2)(N2CCOCC2=O)C=N1. The molecule has 1 unspecified atom stereocenters. The number of halogens is 3. The molecule has 12 heteroatoms. The number of alkyl halides is 3. The monoisotopic (exact) mass is 558 g/mol. The van der Waals surface area contributed by atoms with Gasteiger partial charge in [-0.3, -0.25) is 14.6 Å². The van der Waals surface area contributed by atoms with E-state index >= 15 is 0 Å². The zero-order valence-corrected chi connectivity index (χ0v) is 21.9. The van der Waals surface area contributed by atoms with Gasteiger partial charge < -0.3 is 24.4 Å². The number of aromatic nitrogens is 1. The summed E-state index contributed by atoms with van der Waals surface area (Å²) in [6, 6.07) is 7.74. The average molecular weight is 559 g/mol. The summed E-state index contributed by atoms with van der Waals surface area (Å²) in [6.45, 7) is 3.29. The van der Waals surface area contributed by atoms with Gasteiger partial charge in [0.15, 0.2) is 5.66 Å². The van der Waals surface area contributed by atoms with Crippen molar-refractivity contribution in [2.24, 2.45) is 4.99 Å². The number of ether oxygens (including phenoxy) is 3. The van der Waals surface area contributed by atoms with E-state index < -0.39 is 23.3 Å². The lowest BCUT2D eigenvalue weighted by atomic mass is 9.89. The molecule has 2 amide bonds. The van der Waals surface area contributed by atoms with Gasteiger partial charge in [-0.15, -0.1) is 0 Å². The number of hydrogen-bond acceptors (Lipinski definition) is 7. The number of rotatable bonds is 6. The molecule has 9 nitrogen and oxygen atoms in total. The van der Waals surface area contributed by atoms with Gasteiger partial charge in [0.1, 0.15) is 12.7 Å². The fourth-order valence-electron chi connectivity index (χ4n) is 4.98. The summed E-state index contributed by atoms with van der Waals surface area (Å²) in [5, 5.41) is 2.82. The van der Waals surface area contributed by atoms with Gasteiger partial charge in [0, 0.05) is 49.3 Å². The minimum Gasteiger partial charge on any atom is -0.474 e. The van der Waals surface area contributed by atoms with Gasteiger partial charge in [-0.1, -0.05) is 6.07 Å². The zero-order valence-electron chi connectivity index (χ0n) is 21.9. The van der Waals surface area contributed by atoms with Crippen LogP contribution in [0.25, 0.3) is 5.57 Å². The van der Waals surface area contributed by atoms with E-state index in [1.807, 2.05) is 6.07 Å². The van der Waals surface area contributed by atoms with Crippen molar-refractivity contribution < 1.29 is 37.0 Å². The summed E-state index contributed by atoms with van der Waals surface area (Å²) in [5.41, 5.74) is -0.474. The van der Waals surface area contributed by atoms with Gasteiger partial charge in [-0.05, 0) is 42.3 Å². The molecule has 5 rings (SSSR count). The molecular formula is C28H29F3N4O5. The Morgan fingerprint density at radius 2 is 1.95 bits per heavy atom. The molecule has 3 aliphatic rings. The molecule has 40 heavy (non-hydrogen) atoms. The smallest absolute Gasteiger partial charge is 0.416 e. The van der Waals surface area contributed by atoms with Gasteiger partial charge >= 0.3 is 6.18 Å². The highest BCUT2D eigenvalue weighted by Crippen LogP contribution is 2.35. The Morgan fingerprint density at radius 3 is 2.65 bits per heavy atom. The predicted octanol–water partition coefficient (Wildman–Crippen LogP) is 3.85. The fourth-order valence-corrected chi connectivity index (χ4v) is 4.98. The molecule has 0 bridgehead atoms. The summed E-state index contributed by atoms with van der Waals surface area (Å²) in [6.07, 6.45) is 0.222. The Kier molecular flexibility index (Phi) is 7.90. The van der Waals surface area contributed by atoms with Gasteiger partial charge in [0.2, 0.25) is 5.88 Å². The molecule has 3 aliphatic heterocycles. The molecule has 0 radical (unpaired) electrons. The average Bonchev–Trinajstić information content (AvgIpc) is 2.95. The lowest BCUT2D eigenvalue weighted by molar-refractivity contribution is -0.148. The van der Waals surface area contributed by atoms with E-state index in [0.717, 1.165) is 30.5 Å². The highest BCUT2D eigenvalue weighted by Gasteiger charge is 2.44. The number of aliphatic imine (C=N–C) groups is 1. The number of carbonyl (C=O) groups is 2. The quantitative estimate of drug-likeness (QED) is 0.578. The maximum absolute atomic E-state index is 13.3. The number of hydrogen-bond donors (Lipinski definition) is 1. The first kappa shape index (κ1) is 27.8. The third-order valence-corrected chi connectivity index (χ3v) is 7.14. The second-order valence-corrected chi connectivity index (χ2v) is 9.87. The highest BCUT2D eigenvalue weighted by atomic mass is 19.4. The van der Waals surface area contributed by atoms with Crippen molar-refractivity contribution in [1.82, 2.24) is 15.2 Å². The van der Waals surface area contributed by atoms with E-state index in [1.165, 1.54) is 23.2 Å². The Bertz CT molecular complexity index is 1320. The standard InChI is InChI=1S/C28H29F3N4O5/c1-18-23(20-5-6-24(32-15-20)40-22-7-10-38-11-8-22)14-27(17-33-18,35-9-12-39-16-25(35)36)34-26(37)19-3-2-4-21(13-19)28(29,30)31/h2-6,13,15,17,22H,7-12,14,16H2,1H3,(H,34,37). The topological polar surface area (TPSA) is 102 Å². The Labute approximate surface area is 229 Å². The molecule has 1 N–H and O–H groups in total. The molecule has 2 aromatic rings. The van der Waals surface area contributed by atoms with Crippen molar-refractivity contribution in [2.75, 3.05) is 33.0 Å². The fraction of sp³-hybridized carbons (Fsp3) is 0.429. The van der Waals surface area contributed by atoms with Gasteiger partial charge in [0.25, 0.3) is 11.8 Å². The van der Waals surface area contributed by atoms with Crippen LogP contribution in [0.15, 0.2) is 53.3 Å². The Morgan fingerprint density at radius 1 is 1.15 bits per heavy atom. The van der Waals surface area contributed by atoms with Crippen LogP contribution in [0.2, 0.25) is 0 Å². The van der Waals surface area contributed by atoms with Crippen LogP contribution >= 0.6 is 0 Å². The van der Waals surface area contributed by atoms with Gasteiger partial charge in [-0.2, -0.15) is 13.2 Å². The molecule has 1 aromatic heterocycles. The summed E-state index contributed by atoms with van der Waals surface area (Å²) in [4.78, 5) is 36.7. The first-order valence-corrected chi connectivity index (χ1v) is 13.0. The number of allylic oxidation sites excluding steroid dienone is 1. The number of morpholine rings is 1. The van der Waals surface area contributed by atoms with Crippen molar-refractivity contribution >= 4 is 23.6 Å². The number of amides is 2. The minimum atomic E-state index is -4.61. The summed E-state index contributed by atoms with van der Waals surface area (Å²) >= 11 is 0. The van der Waals surface area contributed by atoms with Crippen LogP contribution in [0.1, 0.15) is 47.7 Å². The summed E-state index contributed by atoms with van der Waals surface area (Å²) < 4.78 is 56.5. The molecule has 0 spiro atoms. The highest BCUT2D eigenvalue weighted by molar-refractivity contribution is 5.99. The van der Waals surface area contributed by atoms with Crippen molar-refractivity contribution in [3.8, 4) is 5.88 Å². The molecule has 2 saturated heterocycles. The molecular weight excluding hydrogens is 529 g/mol. The van der Waals surface area contributed by atoms with E-state index in [9.17, 15) is 22.8 Å². The van der Waals surface area contributed by atoms with E-state index in [-0.39, 0.29) is 43.8 Å². The van der Waals surface area contributed by atoms with Gasteiger partial charge in [-0.25, -0.2) is 4.98 Å². The second-order valence-electron chi connectivity index (χ2n) is 9.87. The van der Waals surface area contributed by atoms with Crippen LogP contribution in [0.5, 0.6) is 5.88 Å². The Hall–Kier alpha value is -3.77. The molecule has 1 aromatic carbocycles.